The number of para-hydroxylation sites is 1. The molecule has 6 heteroatoms. The first kappa shape index (κ1) is 19.6. The minimum absolute atomic E-state index is 0.0308. The molecule has 6 nitrogen and oxygen atoms in total. The summed E-state index contributed by atoms with van der Waals surface area (Å²) in [5.74, 6) is 0.837. The van der Waals surface area contributed by atoms with Crippen molar-refractivity contribution < 1.29 is 18.8 Å². The lowest BCUT2D eigenvalue weighted by Crippen LogP contribution is -3.13. The number of hydrogen-bond donors (Lipinski definition) is 2. The summed E-state index contributed by atoms with van der Waals surface area (Å²) < 4.78 is 13.4. The number of ether oxygens (including phenoxy) is 1. The van der Waals surface area contributed by atoms with Crippen LogP contribution in [0.2, 0.25) is 0 Å². The number of aryl methyl sites for hydroxylation is 1. The molecule has 2 aromatic heterocycles. The van der Waals surface area contributed by atoms with Crippen molar-refractivity contribution >= 4 is 17.0 Å². The topological polar surface area (TPSA) is 60.8 Å². The Kier molecular flexibility index (Phi) is 6.52. The molecule has 1 aliphatic rings. The Morgan fingerprint density at radius 2 is 1.97 bits per heavy atom. The average Bonchev–Trinajstić information content (AvgIpc) is 3.35. The number of carbonyl (C=O) groups excluding carboxylic acids is 1. The molecule has 29 heavy (non-hydrogen) atoms. The standard InChI is InChI=1S/C23H29N3O3/c27-23(24-11-15-25-12-5-2-6-13-25)21-18-22-20(10-17-29-22)26(21)14-7-16-28-19-8-3-1-4-9-19/h1,3-4,8-10,17-18H,2,5-7,11-16H2,(H,24,27)/p+1. The average molecular weight is 397 g/mol. The number of benzene rings is 1. The highest BCUT2D eigenvalue weighted by atomic mass is 16.5. The van der Waals surface area contributed by atoms with E-state index in [9.17, 15) is 4.79 Å². The largest absolute Gasteiger partial charge is 0.494 e. The van der Waals surface area contributed by atoms with Crippen LogP contribution in [0.5, 0.6) is 5.75 Å². The zero-order valence-electron chi connectivity index (χ0n) is 16.9. The molecule has 0 atom stereocenters. The second-order valence-electron chi connectivity index (χ2n) is 7.68. The van der Waals surface area contributed by atoms with Gasteiger partial charge in [0.15, 0.2) is 5.58 Å². The number of piperidine rings is 1. The molecule has 0 unspecified atom stereocenters. The van der Waals surface area contributed by atoms with Crippen molar-refractivity contribution in [2.45, 2.75) is 32.2 Å². The Labute approximate surface area is 171 Å². The summed E-state index contributed by atoms with van der Waals surface area (Å²) in [6.45, 7) is 5.45. The van der Waals surface area contributed by atoms with Crippen LogP contribution in [0.3, 0.4) is 0 Å². The van der Waals surface area contributed by atoms with Gasteiger partial charge < -0.3 is 23.9 Å². The number of aromatic nitrogens is 1. The molecule has 0 saturated carbocycles. The Morgan fingerprint density at radius 3 is 2.79 bits per heavy atom. The molecule has 0 bridgehead atoms. The van der Waals surface area contributed by atoms with E-state index < -0.39 is 0 Å². The predicted molar refractivity (Wildman–Crippen MR) is 113 cm³/mol. The van der Waals surface area contributed by atoms with Gasteiger partial charge in [-0.3, -0.25) is 4.79 Å². The second kappa shape index (κ2) is 9.65. The van der Waals surface area contributed by atoms with Gasteiger partial charge in [0.2, 0.25) is 0 Å². The summed E-state index contributed by atoms with van der Waals surface area (Å²) in [4.78, 5) is 14.4. The lowest BCUT2D eigenvalue weighted by molar-refractivity contribution is -0.903. The van der Waals surface area contributed by atoms with Crippen molar-refractivity contribution in [3.05, 3.63) is 54.4 Å². The minimum atomic E-state index is -0.0308. The molecule has 1 amide bonds. The summed E-state index contributed by atoms with van der Waals surface area (Å²) in [6, 6.07) is 13.6. The van der Waals surface area contributed by atoms with Crippen LogP contribution >= 0.6 is 0 Å². The molecule has 0 aliphatic carbocycles. The van der Waals surface area contributed by atoms with E-state index in [1.165, 1.54) is 32.4 Å². The van der Waals surface area contributed by atoms with Crippen LogP contribution < -0.4 is 15.0 Å². The molecule has 1 aliphatic heterocycles. The lowest BCUT2D eigenvalue weighted by Gasteiger charge is -2.23. The number of hydrogen-bond acceptors (Lipinski definition) is 3. The third kappa shape index (κ3) is 5.01. The van der Waals surface area contributed by atoms with Crippen LogP contribution in [-0.2, 0) is 6.54 Å². The molecule has 0 radical (unpaired) electrons. The quantitative estimate of drug-likeness (QED) is 0.547. The number of fused-ring (bicyclic) bond motifs is 1. The maximum atomic E-state index is 12.8. The molecular formula is C23H30N3O3+. The molecule has 1 fully saturated rings. The maximum Gasteiger partial charge on any atom is 0.268 e. The number of likely N-dealkylation sites (tertiary alicyclic amines) is 1. The van der Waals surface area contributed by atoms with E-state index >= 15 is 0 Å². The Balaban J connectivity index is 1.33. The van der Waals surface area contributed by atoms with E-state index in [0.29, 0.717) is 25.4 Å². The number of nitrogens with zero attached hydrogens (tertiary/aromatic N) is 1. The van der Waals surface area contributed by atoms with Gasteiger partial charge in [0.1, 0.15) is 11.4 Å². The summed E-state index contributed by atoms with van der Waals surface area (Å²) >= 11 is 0. The van der Waals surface area contributed by atoms with Crippen LogP contribution in [-0.4, -0.2) is 43.3 Å². The van der Waals surface area contributed by atoms with Crippen molar-refractivity contribution in [2.75, 3.05) is 32.8 Å². The highest BCUT2D eigenvalue weighted by Gasteiger charge is 2.18. The van der Waals surface area contributed by atoms with Gasteiger partial charge in [0.25, 0.3) is 5.91 Å². The van der Waals surface area contributed by atoms with Gasteiger partial charge in [-0.1, -0.05) is 18.2 Å². The molecule has 2 N–H and O–H groups in total. The summed E-state index contributed by atoms with van der Waals surface area (Å²) in [6.07, 6.45) is 6.42. The Hall–Kier alpha value is -2.73. The first-order valence-corrected chi connectivity index (χ1v) is 10.7. The van der Waals surface area contributed by atoms with Crippen LogP contribution in [0.15, 0.2) is 53.1 Å². The fraction of sp³-hybridized carbons (Fsp3) is 0.435. The van der Waals surface area contributed by atoms with E-state index in [0.717, 1.165) is 29.8 Å². The first-order chi connectivity index (χ1) is 14.3. The fourth-order valence-corrected chi connectivity index (χ4v) is 4.08. The molecule has 4 rings (SSSR count). The van der Waals surface area contributed by atoms with Gasteiger partial charge in [-0.05, 0) is 37.8 Å². The zero-order valence-corrected chi connectivity index (χ0v) is 16.9. The minimum Gasteiger partial charge on any atom is -0.494 e. The van der Waals surface area contributed by atoms with Crippen LogP contribution in [0.4, 0.5) is 0 Å². The van der Waals surface area contributed by atoms with Gasteiger partial charge in [0, 0.05) is 18.7 Å². The van der Waals surface area contributed by atoms with Gasteiger partial charge in [0.05, 0.1) is 44.6 Å². The molecule has 3 aromatic rings. The van der Waals surface area contributed by atoms with Crippen molar-refractivity contribution in [3.8, 4) is 5.75 Å². The van der Waals surface area contributed by atoms with Gasteiger partial charge >= 0.3 is 0 Å². The lowest BCUT2D eigenvalue weighted by atomic mass is 10.1. The van der Waals surface area contributed by atoms with Crippen molar-refractivity contribution in [1.82, 2.24) is 9.88 Å². The van der Waals surface area contributed by atoms with Crippen LogP contribution in [0.25, 0.3) is 11.1 Å². The number of carbonyl (C=O) groups is 1. The predicted octanol–water partition coefficient (Wildman–Crippen LogP) is 2.50. The van der Waals surface area contributed by atoms with Gasteiger partial charge in [-0.2, -0.15) is 0 Å². The highest BCUT2D eigenvalue weighted by molar-refractivity contribution is 5.97. The van der Waals surface area contributed by atoms with E-state index in [2.05, 4.69) is 5.32 Å². The molecule has 3 heterocycles. The number of furan rings is 1. The third-order valence-corrected chi connectivity index (χ3v) is 5.62. The SMILES string of the molecule is O=C(NCC[NH+]1CCCCC1)c1cc2occc2n1CCCOc1ccccc1. The fourth-order valence-electron chi connectivity index (χ4n) is 4.08. The van der Waals surface area contributed by atoms with E-state index in [-0.39, 0.29) is 5.91 Å². The summed E-state index contributed by atoms with van der Waals surface area (Å²) in [5, 5.41) is 3.10. The van der Waals surface area contributed by atoms with E-state index in [1.807, 2.05) is 47.0 Å². The van der Waals surface area contributed by atoms with Crippen molar-refractivity contribution in [3.63, 3.8) is 0 Å². The number of quaternary nitrogens is 1. The van der Waals surface area contributed by atoms with Crippen LogP contribution in [0, 0.1) is 0 Å². The molecule has 154 valence electrons. The highest BCUT2D eigenvalue weighted by Crippen LogP contribution is 2.21. The summed E-state index contributed by atoms with van der Waals surface area (Å²) in [5.41, 5.74) is 2.37. The zero-order chi connectivity index (χ0) is 19.9. The molecular weight excluding hydrogens is 366 g/mol. The van der Waals surface area contributed by atoms with Gasteiger partial charge in [-0.25, -0.2) is 0 Å². The number of amides is 1. The molecule has 1 aromatic carbocycles. The molecule has 0 spiro atoms. The second-order valence-corrected chi connectivity index (χ2v) is 7.68. The number of rotatable bonds is 9. The van der Waals surface area contributed by atoms with Crippen molar-refractivity contribution in [1.29, 1.82) is 0 Å². The first-order valence-electron chi connectivity index (χ1n) is 10.7. The van der Waals surface area contributed by atoms with Crippen LogP contribution in [0.1, 0.15) is 36.2 Å². The Morgan fingerprint density at radius 1 is 1.14 bits per heavy atom. The molecule has 1 saturated heterocycles. The van der Waals surface area contributed by atoms with Crippen molar-refractivity contribution in [2.24, 2.45) is 0 Å². The summed E-state index contributed by atoms with van der Waals surface area (Å²) in [7, 11) is 0. The van der Waals surface area contributed by atoms with Gasteiger partial charge in [-0.15, -0.1) is 0 Å². The monoisotopic (exact) mass is 396 g/mol. The maximum absolute atomic E-state index is 12.8. The smallest absolute Gasteiger partial charge is 0.268 e. The number of nitrogens with one attached hydrogen (secondary N) is 2. The normalized spacial score (nSPS) is 14.9. The Bertz CT molecular complexity index is 910. The van der Waals surface area contributed by atoms with E-state index in [4.69, 9.17) is 9.15 Å². The van der Waals surface area contributed by atoms with E-state index in [1.54, 1.807) is 11.2 Å². The third-order valence-electron chi connectivity index (χ3n) is 5.62.